The van der Waals surface area contributed by atoms with E-state index in [0.29, 0.717) is 45.8 Å². The van der Waals surface area contributed by atoms with E-state index in [2.05, 4.69) is 21.5 Å². The third-order valence-corrected chi connectivity index (χ3v) is 7.24. The summed E-state index contributed by atoms with van der Waals surface area (Å²) in [6.07, 6.45) is -0.0251. The Morgan fingerprint density at radius 1 is 1.23 bits per heavy atom. The van der Waals surface area contributed by atoms with Gasteiger partial charge in [0.2, 0.25) is 11.8 Å². The molecule has 2 aromatic heterocycles. The van der Waals surface area contributed by atoms with E-state index in [4.69, 9.17) is 0 Å². The van der Waals surface area contributed by atoms with Crippen LogP contribution in [-0.2, 0) is 16.1 Å². The number of amides is 2. The minimum absolute atomic E-state index is 0.0321. The molecule has 1 atom stereocenters. The fourth-order valence-electron chi connectivity index (χ4n) is 5.10. The average Bonchev–Trinajstić information content (AvgIpc) is 3.55. The highest BCUT2D eigenvalue weighted by Gasteiger charge is 2.58. The summed E-state index contributed by atoms with van der Waals surface area (Å²) in [4.78, 5) is 31.3. The predicted octanol–water partition coefficient (Wildman–Crippen LogP) is 5.42. The highest BCUT2D eigenvalue weighted by molar-refractivity contribution is 6.03. The second kappa shape index (κ2) is 9.69. The lowest BCUT2D eigenvalue weighted by atomic mass is 9.83. The second-order valence-corrected chi connectivity index (χ2v) is 10.0. The standard InChI is InChI=1S/C27H23F5N6O2/c1-16(39)36-21-4-2-3-20(17-12-35-37(13-17)15-26(28,29)27(30,31)32)23(21)22-11-19(7-9-34-22)38-10-8-25(14-33,24(38)40)18-5-6-18/h2-4,7,9,11-13,18H,5-6,8,10,15H2,1H3,(H,36,39)/t25-/m1/s1. The number of alkyl halides is 5. The largest absolute Gasteiger partial charge is 0.455 e. The highest BCUT2D eigenvalue weighted by atomic mass is 19.4. The summed E-state index contributed by atoms with van der Waals surface area (Å²) in [5.74, 6) is -5.65. The van der Waals surface area contributed by atoms with Gasteiger partial charge in [-0.05, 0) is 48.9 Å². The summed E-state index contributed by atoms with van der Waals surface area (Å²) in [7, 11) is 0. The number of anilines is 2. The van der Waals surface area contributed by atoms with Crippen LogP contribution in [0.25, 0.3) is 22.4 Å². The first-order chi connectivity index (χ1) is 18.9. The number of halogens is 5. The number of nitrogens with one attached hydrogen (secondary N) is 1. The van der Waals surface area contributed by atoms with Gasteiger partial charge in [0.15, 0.2) is 0 Å². The van der Waals surface area contributed by atoms with Gasteiger partial charge in [0.1, 0.15) is 12.0 Å². The smallest absolute Gasteiger partial charge is 0.326 e. The molecule has 0 bridgehead atoms. The van der Waals surface area contributed by atoms with E-state index in [1.165, 1.54) is 18.0 Å². The van der Waals surface area contributed by atoms with E-state index in [1.807, 2.05) is 0 Å². The molecule has 2 amide bonds. The lowest BCUT2D eigenvalue weighted by molar-refractivity contribution is -0.287. The molecule has 0 unspecified atom stereocenters. The SMILES string of the molecule is CC(=O)Nc1cccc(-c2cnn(CC(F)(F)C(F)(F)F)c2)c1-c1cc(N2CC[C@@](C#N)(C3CC3)C2=O)ccn1. The molecule has 208 valence electrons. The zero-order valence-electron chi connectivity index (χ0n) is 21.2. The predicted molar refractivity (Wildman–Crippen MR) is 134 cm³/mol. The van der Waals surface area contributed by atoms with Crippen LogP contribution in [0.3, 0.4) is 0 Å². The first kappa shape index (κ1) is 27.2. The molecule has 40 heavy (non-hydrogen) atoms. The summed E-state index contributed by atoms with van der Waals surface area (Å²) in [6.45, 7) is -0.0732. The van der Waals surface area contributed by atoms with Crippen molar-refractivity contribution in [1.29, 1.82) is 5.26 Å². The van der Waals surface area contributed by atoms with E-state index >= 15 is 0 Å². The Labute approximate surface area is 225 Å². The van der Waals surface area contributed by atoms with Crippen molar-refractivity contribution in [1.82, 2.24) is 14.8 Å². The van der Waals surface area contributed by atoms with E-state index in [1.54, 1.807) is 30.3 Å². The Balaban J connectivity index is 1.55. The molecule has 0 radical (unpaired) electrons. The molecule has 1 saturated heterocycles. The Kier molecular flexibility index (Phi) is 6.60. The zero-order valence-corrected chi connectivity index (χ0v) is 21.2. The maximum absolute atomic E-state index is 13.6. The van der Waals surface area contributed by atoms with Gasteiger partial charge in [0, 0.05) is 42.7 Å². The van der Waals surface area contributed by atoms with Gasteiger partial charge in [-0.15, -0.1) is 0 Å². The maximum Gasteiger partial charge on any atom is 0.455 e. The maximum atomic E-state index is 13.6. The Morgan fingerprint density at radius 2 is 1.98 bits per heavy atom. The average molecular weight is 559 g/mol. The van der Waals surface area contributed by atoms with Crippen LogP contribution in [0.1, 0.15) is 26.2 Å². The monoisotopic (exact) mass is 558 g/mol. The van der Waals surface area contributed by atoms with Crippen LogP contribution in [0.5, 0.6) is 0 Å². The third-order valence-electron chi connectivity index (χ3n) is 7.24. The van der Waals surface area contributed by atoms with Crippen molar-refractivity contribution in [3.05, 3.63) is 48.9 Å². The first-order valence-corrected chi connectivity index (χ1v) is 12.4. The number of nitrogens with zero attached hydrogens (tertiary/aromatic N) is 5. The molecule has 1 saturated carbocycles. The Bertz CT molecular complexity index is 1520. The zero-order chi connectivity index (χ0) is 28.9. The van der Waals surface area contributed by atoms with Crippen molar-refractivity contribution >= 4 is 23.2 Å². The fourth-order valence-corrected chi connectivity index (χ4v) is 5.10. The van der Waals surface area contributed by atoms with Gasteiger partial charge in [0.05, 0.1) is 23.6 Å². The third kappa shape index (κ3) is 4.78. The summed E-state index contributed by atoms with van der Waals surface area (Å²) in [5, 5.41) is 16.2. The molecule has 3 heterocycles. The van der Waals surface area contributed by atoms with Crippen LogP contribution < -0.4 is 10.2 Å². The number of rotatable bonds is 7. The fraction of sp³-hybridized carbons (Fsp3) is 0.370. The normalized spacial score (nSPS) is 19.5. The molecule has 1 aliphatic heterocycles. The minimum Gasteiger partial charge on any atom is -0.326 e. The van der Waals surface area contributed by atoms with Crippen molar-refractivity contribution < 1.29 is 31.5 Å². The van der Waals surface area contributed by atoms with Crippen molar-refractivity contribution in [3.63, 3.8) is 0 Å². The van der Waals surface area contributed by atoms with E-state index in [9.17, 15) is 36.8 Å². The van der Waals surface area contributed by atoms with Crippen LogP contribution in [0.15, 0.2) is 48.9 Å². The van der Waals surface area contributed by atoms with Crippen molar-refractivity contribution in [2.24, 2.45) is 11.3 Å². The molecule has 13 heteroatoms. The van der Waals surface area contributed by atoms with Gasteiger partial charge in [-0.25, -0.2) is 0 Å². The number of pyridine rings is 1. The lowest BCUT2D eigenvalue weighted by Crippen LogP contribution is -2.40. The number of carbonyl (C=O) groups excluding carboxylic acids is 2. The van der Waals surface area contributed by atoms with Crippen molar-refractivity contribution in [2.75, 3.05) is 16.8 Å². The molecule has 2 fully saturated rings. The summed E-state index contributed by atoms with van der Waals surface area (Å²) in [5.41, 5.74) is 0.949. The summed E-state index contributed by atoms with van der Waals surface area (Å²) < 4.78 is 66.0. The molecule has 1 N–H and O–H groups in total. The van der Waals surface area contributed by atoms with Crippen molar-refractivity contribution in [3.8, 4) is 28.5 Å². The van der Waals surface area contributed by atoms with Crippen LogP contribution in [0.2, 0.25) is 0 Å². The minimum atomic E-state index is -5.74. The van der Waals surface area contributed by atoms with Gasteiger partial charge in [-0.3, -0.25) is 19.3 Å². The summed E-state index contributed by atoms with van der Waals surface area (Å²) >= 11 is 0. The quantitative estimate of drug-likeness (QED) is 0.390. The molecule has 0 spiro atoms. The topological polar surface area (TPSA) is 104 Å². The van der Waals surface area contributed by atoms with Gasteiger partial charge in [-0.2, -0.15) is 32.3 Å². The second-order valence-electron chi connectivity index (χ2n) is 10.0. The number of nitriles is 1. The Morgan fingerprint density at radius 3 is 2.62 bits per heavy atom. The number of hydrogen-bond donors (Lipinski definition) is 1. The summed E-state index contributed by atoms with van der Waals surface area (Å²) in [6, 6.07) is 10.2. The molecular formula is C27H23F5N6O2. The van der Waals surface area contributed by atoms with Crippen molar-refractivity contribution in [2.45, 2.75) is 44.8 Å². The molecule has 5 rings (SSSR count). The lowest BCUT2D eigenvalue weighted by Gasteiger charge is -2.22. The molecule has 1 aromatic carbocycles. The molecule has 8 nitrogen and oxygen atoms in total. The van der Waals surface area contributed by atoms with Gasteiger partial charge < -0.3 is 10.2 Å². The number of aromatic nitrogens is 3. The molecule has 3 aromatic rings. The van der Waals surface area contributed by atoms with Crippen LogP contribution in [0, 0.1) is 22.7 Å². The van der Waals surface area contributed by atoms with Crippen LogP contribution in [-0.4, -0.2) is 45.2 Å². The van der Waals surface area contributed by atoms with Gasteiger partial charge in [-0.1, -0.05) is 12.1 Å². The van der Waals surface area contributed by atoms with E-state index in [0.717, 1.165) is 25.2 Å². The molecule has 1 aliphatic carbocycles. The highest BCUT2D eigenvalue weighted by Crippen LogP contribution is 2.52. The van der Waals surface area contributed by atoms with Crippen LogP contribution >= 0.6 is 0 Å². The van der Waals surface area contributed by atoms with E-state index < -0.39 is 30.0 Å². The number of benzene rings is 1. The van der Waals surface area contributed by atoms with Gasteiger partial charge >= 0.3 is 12.1 Å². The molecular weight excluding hydrogens is 535 g/mol. The van der Waals surface area contributed by atoms with Gasteiger partial charge in [0.25, 0.3) is 0 Å². The number of hydrogen-bond acceptors (Lipinski definition) is 5. The molecule has 2 aliphatic rings. The van der Waals surface area contributed by atoms with E-state index in [-0.39, 0.29) is 17.4 Å². The Hall–Kier alpha value is -4.34. The number of carbonyl (C=O) groups is 2. The first-order valence-electron chi connectivity index (χ1n) is 12.4. The van der Waals surface area contributed by atoms with Crippen LogP contribution in [0.4, 0.5) is 33.3 Å².